The van der Waals surface area contributed by atoms with Crippen molar-refractivity contribution < 1.29 is 4.79 Å². The lowest BCUT2D eigenvalue weighted by Gasteiger charge is -2.13. The van der Waals surface area contributed by atoms with Crippen molar-refractivity contribution in [1.82, 2.24) is 24.5 Å². The van der Waals surface area contributed by atoms with Crippen LogP contribution < -0.4 is 5.32 Å². The topological polar surface area (TPSA) is 64.2 Å². The molecule has 1 amide bonds. The summed E-state index contributed by atoms with van der Waals surface area (Å²) in [4.78, 5) is 12.5. The van der Waals surface area contributed by atoms with E-state index in [4.69, 9.17) is 0 Å². The standard InChI is InChI=1S/C19H17N5O/c1-14(18-22-21-17-6-2-3-13-24(17)18)20-19(25)15-7-9-16(10-8-15)23-11-4-5-12-23/h2-14H,1H3,(H,20,25). The maximum absolute atomic E-state index is 12.5. The molecule has 0 saturated heterocycles. The van der Waals surface area contributed by atoms with Crippen molar-refractivity contribution in [3.8, 4) is 5.69 Å². The Morgan fingerprint density at radius 3 is 2.44 bits per heavy atom. The molecule has 0 aliphatic rings. The van der Waals surface area contributed by atoms with Gasteiger partial charge in [-0.3, -0.25) is 9.20 Å². The second-order valence-electron chi connectivity index (χ2n) is 5.82. The minimum atomic E-state index is -0.256. The van der Waals surface area contributed by atoms with Crippen LogP contribution in [-0.2, 0) is 0 Å². The molecule has 1 unspecified atom stereocenters. The number of nitrogens with one attached hydrogen (secondary N) is 1. The highest BCUT2D eigenvalue weighted by atomic mass is 16.1. The minimum Gasteiger partial charge on any atom is -0.342 e. The molecule has 4 aromatic rings. The van der Waals surface area contributed by atoms with Gasteiger partial charge in [0, 0.05) is 29.8 Å². The van der Waals surface area contributed by atoms with Crippen LogP contribution in [0.2, 0.25) is 0 Å². The highest BCUT2D eigenvalue weighted by molar-refractivity contribution is 5.94. The number of amides is 1. The summed E-state index contributed by atoms with van der Waals surface area (Å²) in [5.41, 5.74) is 2.38. The first kappa shape index (κ1) is 15.1. The maximum atomic E-state index is 12.5. The summed E-state index contributed by atoms with van der Waals surface area (Å²) in [6.45, 7) is 1.90. The average Bonchev–Trinajstić information content (AvgIpc) is 3.31. The molecular weight excluding hydrogens is 314 g/mol. The van der Waals surface area contributed by atoms with Gasteiger partial charge in [0.05, 0.1) is 6.04 Å². The van der Waals surface area contributed by atoms with Crippen molar-refractivity contribution in [3.05, 3.63) is 84.6 Å². The van der Waals surface area contributed by atoms with E-state index in [0.29, 0.717) is 11.4 Å². The van der Waals surface area contributed by atoms with Crippen LogP contribution >= 0.6 is 0 Å². The van der Waals surface area contributed by atoms with E-state index < -0.39 is 0 Å². The highest BCUT2D eigenvalue weighted by Crippen LogP contribution is 2.14. The fourth-order valence-corrected chi connectivity index (χ4v) is 2.79. The molecule has 0 spiro atoms. The van der Waals surface area contributed by atoms with Crippen LogP contribution in [0.25, 0.3) is 11.3 Å². The molecule has 1 aromatic carbocycles. The number of benzene rings is 1. The smallest absolute Gasteiger partial charge is 0.251 e. The van der Waals surface area contributed by atoms with Crippen molar-refractivity contribution in [2.24, 2.45) is 0 Å². The van der Waals surface area contributed by atoms with E-state index in [0.717, 1.165) is 11.3 Å². The molecule has 0 aliphatic carbocycles. The van der Waals surface area contributed by atoms with Gasteiger partial charge in [0.2, 0.25) is 0 Å². The van der Waals surface area contributed by atoms with Gasteiger partial charge in [-0.25, -0.2) is 0 Å². The van der Waals surface area contributed by atoms with Crippen LogP contribution in [0.3, 0.4) is 0 Å². The zero-order valence-corrected chi connectivity index (χ0v) is 13.7. The van der Waals surface area contributed by atoms with Gasteiger partial charge in [-0.05, 0) is 55.5 Å². The number of aromatic nitrogens is 4. The molecule has 0 aliphatic heterocycles. The zero-order chi connectivity index (χ0) is 17.2. The lowest BCUT2D eigenvalue weighted by molar-refractivity contribution is 0.0938. The molecular formula is C19H17N5O. The summed E-state index contributed by atoms with van der Waals surface area (Å²) in [5.74, 6) is 0.562. The molecule has 0 radical (unpaired) electrons. The van der Waals surface area contributed by atoms with Crippen molar-refractivity contribution in [3.63, 3.8) is 0 Å². The number of fused-ring (bicyclic) bond motifs is 1. The SMILES string of the molecule is CC(NC(=O)c1ccc(-n2cccc2)cc1)c1nnc2ccccn12. The number of carbonyl (C=O) groups is 1. The lowest BCUT2D eigenvalue weighted by Crippen LogP contribution is -2.28. The molecule has 1 atom stereocenters. The molecule has 6 heteroatoms. The molecule has 1 N–H and O–H groups in total. The van der Waals surface area contributed by atoms with Crippen LogP contribution in [-0.4, -0.2) is 25.1 Å². The Kier molecular flexibility index (Phi) is 3.78. The third-order valence-electron chi connectivity index (χ3n) is 4.11. The van der Waals surface area contributed by atoms with Crippen molar-refractivity contribution in [2.45, 2.75) is 13.0 Å². The fourth-order valence-electron chi connectivity index (χ4n) is 2.79. The first-order chi connectivity index (χ1) is 12.2. The van der Waals surface area contributed by atoms with E-state index in [1.165, 1.54) is 0 Å². The highest BCUT2D eigenvalue weighted by Gasteiger charge is 2.16. The van der Waals surface area contributed by atoms with Gasteiger partial charge in [0.15, 0.2) is 11.5 Å². The Hall–Kier alpha value is -3.41. The van der Waals surface area contributed by atoms with Gasteiger partial charge < -0.3 is 9.88 Å². The van der Waals surface area contributed by atoms with E-state index in [-0.39, 0.29) is 11.9 Å². The molecule has 124 valence electrons. The molecule has 6 nitrogen and oxygen atoms in total. The third kappa shape index (κ3) is 2.89. The summed E-state index contributed by atoms with van der Waals surface area (Å²) in [6.07, 6.45) is 5.82. The van der Waals surface area contributed by atoms with E-state index in [1.807, 2.05) is 89.1 Å². The van der Waals surface area contributed by atoms with Gasteiger partial charge in [-0.1, -0.05) is 6.07 Å². The Labute approximate surface area is 144 Å². The van der Waals surface area contributed by atoms with Crippen molar-refractivity contribution in [1.29, 1.82) is 0 Å². The second kappa shape index (κ2) is 6.24. The largest absolute Gasteiger partial charge is 0.342 e. The average molecular weight is 331 g/mol. The van der Waals surface area contributed by atoms with E-state index >= 15 is 0 Å². The number of nitrogens with zero attached hydrogens (tertiary/aromatic N) is 4. The normalized spacial score (nSPS) is 12.2. The number of hydrogen-bond donors (Lipinski definition) is 1. The molecule has 4 rings (SSSR count). The Bertz CT molecular complexity index is 1000. The molecule has 25 heavy (non-hydrogen) atoms. The quantitative estimate of drug-likeness (QED) is 0.625. The first-order valence-electron chi connectivity index (χ1n) is 8.06. The third-order valence-corrected chi connectivity index (χ3v) is 4.11. The Morgan fingerprint density at radius 2 is 1.68 bits per heavy atom. The van der Waals surface area contributed by atoms with Crippen LogP contribution in [0.15, 0.2) is 73.2 Å². The van der Waals surface area contributed by atoms with Crippen molar-refractivity contribution in [2.75, 3.05) is 0 Å². The summed E-state index contributed by atoms with van der Waals surface area (Å²) < 4.78 is 3.87. The Morgan fingerprint density at radius 1 is 0.960 bits per heavy atom. The van der Waals surface area contributed by atoms with Gasteiger partial charge >= 0.3 is 0 Å². The summed E-state index contributed by atoms with van der Waals surface area (Å²) >= 11 is 0. The first-order valence-corrected chi connectivity index (χ1v) is 8.06. The summed E-state index contributed by atoms with van der Waals surface area (Å²) in [7, 11) is 0. The van der Waals surface area contributed by atoms with Crippen LogP contribution in [0.5, 0.6) is 0 Å². The van der Waals surface area contributed by atoms with Gasteiger partial charge in [0.1, 0.15) is 0 Å². The molecule has 0 bridgehead atoms. The number of hydrogen-bond acceptors (Lipinski definition) is 3. The number of pyridine rings is 1. The van der Waals surface area contributed by atoms with Gasteiger partial charge in [-0.15, -0.1) is 10.2 Å². The predicted molar refractivity (Wildman–Crippen MR) is 94.6 cm³/mol. The summed E-state index contributed by atoms with van der Waals surface area (Å²) in [5, 5.41) is 11.3. The number of carbonyl (C=O) groups excluding carboxylic acids is 1. The Balaban J connectivity index is 1.51. The molecule has 3 aromatic heterocycles. The van der Waals surface area contributed by atoms with E-state index in [9.17, 15) is 4.79 Å². The van der Waals surface area contributed by atoms with Crippen LogP contribution in [0, 0.1) is 0 Å². The number of rotatable bonds is 4. The zero-order valence-electron chi connectivity index (χ0n) is 13.7. The minimum absolute atomic E-state index is 0.140. The van der Waals surface area contributed by atoms with Gasteiger partial charge in [-0.2, -0.15) is 0 Å². The fraction of sp³-hybridized carbons (Fsp3) is 0.105. The predicted octanol–water partition coefficient (Wildman–Crippen LogP) is 3.01. The lowest BCUT2D eigenvalue weighted by atomic mass is 10.1. The van der Waals surface area contributed by atoms with Gasteiger partial charge in [0.25, 0.3) is 5.91 Å². The van der Waals surface area contributed by atoms with Crippen molar-refractivity contribution >= 4 is 11.6 Å². The van der Waals surface area contributed by atoms with E-state index in [1.54, 1.807) is 0 Å². The monoisotopic (exact) mass is 331 g/mol. The second-order valence-corrected chi connectivity index (χ2v) is 5.82. The molecule has 0 saturated carbocycles. The van der Waals surface area contributed by atoms with Crippen LogP contribution in [0.1, 0.15) is 29.1 Å². The van der Waals surface area contributed by atoms with Crippen LogP contribution in [0.4, 0.5) is 0 Å². The van der Waals surface area contributed by atoms with E-state index in [2.05, 4.69) is 15.5 Å². The maximum Gasteiger partial charge on any atom is 0.251 e. The molecule has 3 heterocycles. The molecule has 0 fully saturated rings. The summed E-state index contributed by atoms with van der Waals surface area (Å²) in [6, 6.07) is 16.9.